The summed E-state index contributed by atoms with van der Waals surface area (Å²) in [6.45, 7) is -2.49. The number of tetrazole rings is 1. The molecule has 6 nitrogen and oxygen atoms in total. The first-order valence-corrected chi connectivity index (χ1v) is 3.98. The van der Waals surface area contributed by atoms with Gasteiger partial charge in [0.25, 0.3) is 0 Å². The van der Waals surface area contributed by atoms with Crippen molar-refractivity contribution in [1.82, 2.24) is 25.2 Å². The summed E-state index contributed by atoms with van der Waals surface area (Å²) in [7, 11) is 0. The van der Waals surface area contributed by atoms with E-state index in [0.717, 1.165) is 0 Å². The molecule has 0 atom stereocenters. The van der Waals surface area contributed by atoms with E-state index in [1.165, 1.54) is 12.1 Å². The van der Waals surface area contributed by atoms with E-state index in [1.807, 2.05) is 0 Å². The normalized spacial score (nSPS) is 14.5. The number of rotatable bonds is 1. The van der Waals surface area contributed by atoms with Gasteiger partial charge in [-0.2, -0.15) is 4.80 Å². The molecule has 2 aromatic heterocycles. The first-order chi connectivity index (χ1) is 7.88. The van der Waals surface area contributed by atoms with Gasteiger partial charge in [0.15, 0.2) is 0 Å². The average Bonchev–Trinajstić information content (AvgIpc) is 2.70. The van der Waals surface area contributed by atoms with Crippen LogP contribution in [0, 0.1) is 0 Å². The molecule has 2 rings (SSSR count). The van der Waals surface area contributed by atoms with Crippen molar-refractivity contribution in [3.8, 4) is 11.5 Å². The molecule has 7 heteroatoms. The predicted octanol–water partition coefficient (Wildman–Crippen LogP) is 0.508. The summed E-state index contributed by atoms with van der Waals surface area (Å²) in [4.78, 5) is 4.43. The Kier molecular flexibility index (Phi) is 1.36. The molecule has 0 bridgehead atoms. The summed E-state index contributed by atoms with van der Waals surface area (Å²) in [6, 6.07) is 3.04. The minimum absolute atomic E-state index is 0.0149. The molecule has 0 radical (unpaired) electrons. The third-order valence-corrected chi connectivity index (χ3v) is 1.73. The van der Waals surface area contributed by atoms with Crippen molar-refractivity contribution in [2.24, 2.45) is 6.98 Å². The first-order valence-electron chi connectivity index (χ1n) is 5.11. The van der Waals surface area contributed by atoms with Gasteiger partial charge in [-0.3, -0.25) is 0 Å². The standard InChI is InChI=1S/C7H7ClN6/c1-14-12-7(11-13-14)6-4(9)2-3-5(8)10-6/h2-3H,9H2,1H3/i1D3. The lowest BCUT2D eigenvalue weighted by Gasteiger charge is -1.99. The number of anilines is 1. The molecular formula is C7H7ClN6. The molecule has 0 amide bonds. The summed E-state index contributed by atoms with van der Waals surface area (Å²) in [5, 5.41) is 10.9. The number of nitrogens with zero attached hydrogens (tertiary/aromatic N) is 5. The minimum Gasteiger partial charge on any atom is -0.397 e. The molecule has 0 fully saturated rings. The maximum Gasteiger partial charge on any atom is 0.225 e. The lowest BCUT2D eigenvalue weighted by atomic mass is 10.3. The summed E-state index contributed by atoms with van der Waals surface area (Å²) in [5.74, 6) is 0.0149. The SMILES string of the molecule is [2H]C([2H])([2H])n1nnc(-c2nc(Cl)ccc2N)n1. The van der Waals surface area contributed by atoms with Gasteiger partial charge in [0.1, 0.15) is 10.8 Å². The van der Waals surface area contributed by atoms with Crippen LogP contribution in [0.1, 0.15) is 4.11 Å². The van der Waals surface area contributed by atoms with Crippen LogP contribution in [0.4, 0.5) is 5.69 Å². The molecule has 0 aliphatic rings. The van der Waals surface area contributed by atoms with Crippen LogP contribution in [0.15, 0.2) is 12.1 Å². The van der Waals surface area contributed by atoms with E-state index >= 15 is 0 Å². The van der Waals surface area contributed by atoms with Gasteiger partial charge in [0.05, 0.1) is 12.7 Å². The van der Waals surface area contributed by atoms with Crippen molar-refractivity contribution in [1.29, 1.82) is 0 Å². The third kappa shape index (κ3) is 1.51. The van der Waals surface area contributed by atoms with Gasteiger partial charge >= 0.3 is 0 Å². The smallest absolute Gasteiger partial charge is 0.225 e. The van der Waals surface area contributed by atoms with Crippen molar-refractivity contribution >= 4 is 17.3 Å². The quantitative estimate of drug-likeness (QED) is 0.698. The lowest BCUT2D eigenvalue weighted by molar-refractivity contribution is 0.630. The van der Waals surface area contributed by atoms with Gasteiger partial charge in [0, 0.05) is 4.11 Å². The summed E-state index contributed by atoms with van der Waals surface area (Å²) >= 11 is 5.70. The topological polar surface area (TPSA) is 82.5 Å². The molecule has 0 aromatic carbocycles. The zero-order chi connectivity index (χ0) is 12.6. The minimum atomic E-state index is -2.49. The zero-order valence-corrected chi connectivity index (χ0v) is 7.60. The molecule has 0 saturated carbocycles. The second-order valence-electron chi connectivity index (χ2n) is 2.47. The average molecular weight is 214 g/mol. The molecule has 0 aliphatic heterocycles. The number of nitrogen functional groups attached to an aromatic ring is 1. The Morgan fingerprint density at radius 1 is 1.57 bits per heavy atom. The summed E-state index contributed by atoms with van der Waals surface area (Å²) < 4.78 is 21.3. The molecule has 14 heavy (non-hydrogen) atoms. The zero-order valence-electron chi connectivity index (χ0n) is 9.85. The van der Waals surface area contributed by atoms with Crippen molar-refractivity contribution in [2.45, 2.75) is 0 Å². The van der Waals surface area contributed by atoms with Gasteiger partial charge in [0.2, 0.25) is 5.82 Å². The largest absolute Gasteiger partial charge is 0.397 e. The van der Waals surface area contributed by atoms with Crippen LogP contribution in [-0.4, -0.2) is 25.2 Å². The van der Waals surface area contributed by atoms with Crippen LogP contribution in [-0.2, 0) is 6.98 Å². The Morgan fingerprint density at radius 2 is 2.43 bits per heavy atom. The van der Waals surface area contributed by atoms with Crippen LogP contribution in [0.5, 0.6) is 0 Å². The Hall–Kier alpha value is -1.69. The molecule has 2 heterocycles. The van der Waals surface area contributed by atoms with Crippen LogP contribution in [0.25, 0.3) is 11.5 Å². The van der Waals surface area contributed by atoms with Gasteiger partial charge in [-0.05, 0) is 17.3 Å². The van der Waals surface area contributed by atoms with Crippen molar-refractivity contribution < 1.29 is 4.11 Å². The van der Waals surface area contributed by atoms with Crippen molar-refractivity contribution in [3.63, 3.8) is 0 Å². The number of hydrogen-bond donors (Lipinski definition) is 1. The van der Waals surface area contributed by atoms with E-state index in [1.54, 1.807) is 0 Å². The van der Waals surface area contributed by atoms with Crippen LogP contribution in [0.3, 0.4) is 0 Å². The second-order valence-corrected chi connectivity index (χ2v) is 2.86. The maximum absolute atomic E-state index is 7.10. The fourth-order valence-corrected chi connectivity index (χ4v) is 1.08. The Balaban J connectivity index is 2.47. The highest BCUT2D eigenvalue weighted by atomic mass is 35.5. The van der Waals surface area contributed by atoms with Gasteiger partial charge < -0.3 is 5.73 Å². The maximum atomic E-state index is 7.10. The van der Waals surface area contributed by atoms with Gasteiger partial charge in [-0.15, -0.1) is 10.2 Å². The van der Waals surface area contributed by atoms with Crippen molar-refractivity contribution in [3.05, 3.63) is 17.3 Å². The Labute approximate surface area is 88.9 Å². The third-order valence-electron chi connectivity index (χ3n) is 1.52. The lowest BCUT2D eigenvalue weighted by Crippen LogP contribution is -1.96. The highest BCUT2D eigenvalue weighted by Gasteiger charge is 2.10. The number of halogens is 1. The monoisotopic (exact) mass is 213 g/mol. The first kappa shape index (κ1) is 5.92. The van der Waals surface area contributed by atoms with Gasteiger partial charge in [-0.25, -0.2) is 4.98 Å². The molecule has 72 valence electrons. The summed E-state index contributed by atoms with van der Waals surface area (Å²) in [6.07, 6.45) is 0. The summed E-state index contributed by atoms with van der Waals surface area (Å²) in [5.41, 5.74) is 6.15. The molecule has 0 spiro atoms. The fraction of sp³-hybridized carbons (Fsp3) is 0.143. The highest BCUT2D eigenvalue weighted by molar-refractivity contribution is 6.29. The number of aromatic nitrogens is 5. The number of nitrogens with two attached hydrogens (primary N) is 1. The Morgan fingerprint density at radius 3 is 3.14 bits per heavy atom. The van der Waals surface area contributed by atoms with Crippen LogP contribution in [0.2, 0.25) is 5.15 Å². The number of hydrogen-bond acceptors (Lipinski definition) is 5. The van der Waals surface area contributed by atoms with Crippen molar-refractivity contribution in [2.75, 3.05) is 5.73 Å². The van der Waals surface area contributed by atoms with Gasteiger partial charge in [-0.1, -0.05) is 11.6 Å². The number of aryl methyl sites for hydroxylation is 1. The number of pyridine rings is 1. The predicted molar refractivity (Wildman–Crippen MR) is 51.5 cm³/mol. The molecule has 0 unspecified atom stereocenters. The van der Waals surface area contributed by atoms with E-state index in [0.29, 0.717) is 10.5 Å². The van der Waals surface area contributed by atoms with E-state index < -0.39 is 6.98 Å². The molecule has 0 saturated heterocycles. The van der Waals surface area contributed by atoms with Crippen LogP contribution >= 0.6 is 11.6 Å². The Bertz CT molecular complexity index is 551. The van der Waals surface area contributed by atoms with E-state index in [2.05, 4.69) is 20.4 Å². The molecule has 2 aromatic rings. The van der Waals surface area contributed by atoms with E-state index in [4.69, 9.17) is 21.4 Å². The molecule has 2 N–H and O–H groups in total. The van der Waals surface area contributed by atoms with E-state index in [9.17, 15) is 0 Å². The highest BCUT2D eigenvalue weighted by Crippen LogP contribution is 2.21. The van der Waals surface area contributed by atoms with E-state index in [-0.39, 0.29) is 16.7 Å². The molecule has 0 aliphatic carbocycles. The molecular weight excluding hydrogens is 204 g/mol. The van der Waals surface area contributed by atoms with Crippen LogP contribution < -0.4 is 5.73 Å². The second kappa shape index (κ2) is 3.22. The fourth-order valence-electron chi connectivity index (χ4n) is 0.934.